The molecule has 1 fully saturated rings. The Labute approximate surface area is 194 Å². The van der Waals surface area contributed by atoms with E-state index in [0.717, 1.165) is 34.0 Å². The molecule has 3 aromatic rings. The SMILES string of the molecule is CCOc1ccc(-c2c3c(nn2-c2ccccc2OC)CC2(C3)OC(C)(C)C(C)(C)O2)cn1. The third kappa shape index (κ3) is 3.50. The number of benzene rings is 1. The molecular weight excluding hydrogens is 418 g/mol. The van der Waals surface area contributed by atoms with E-state index in [4.69, 9.17) is 24.0 Å². The van der Waals surface area contributed by atoms with Gasteiger partial charge >= 0.3 is 0 Å². The highest BCUT2D eigenvalue weighted by molar-refractivity contribution is 5.69. The van der Waals surface area contributed by atoms with Crippen LogP contribution >= 0.6 is 0 Å². The van der Waals surface area contributed by atoms with Gasteiger partial charge < -0.3 is 18.9 Å². The van der Waals surface area contributed by atoms with Gasteiger partial charge in [0.1, 0.15) is 11.4 Å². The molecule has 7 heteroatoms. The maximum atomic E-state index is 6.55. The molecule has 0 atom stereocenters. The van der Waals surface area contributed by atoms with Gasteiger partial charge in [0.2, 0.25) is 5.88 Å². The minimum atomic E-state index is -0.710. The second-order valence-corrected chi connectivity index (χ2v) is 9.66. The lowest BCUT2D eigenvalue weighted by Gasteiger charge is -2.30. The lowest BCUT2D eigenvalue weighted by molar-refractivity contribution is -0.183. The first-order chi connectivity index (χ1) is 15.7. The fourth-order valence-electron chi connectivity index (χ4n) is 4.78. The van der Waals surface area contributed by atoms with Crippen molar-refractivity contribution in [3.63, 3.8) is 0 Å². The Balaban J connectivity index is 1.63. The van der Waals surface area contributed by atoms with Gasteiger partial charge in [0.15, 0.2) is 5.79 Å². The zero-order valence-electron chi connectivity index (χ0n) is 20.1. The Hall–Kier alpha value is -2.90. The third-order valence-corrected chi connectivity index (χ3v) is 6.90. The van der Waals surface area contributed by atoms with Crippen molar-refractivity contribution in [1.29, 1.82) is 0 Å². The van der Waals surface area contributed by atoms with E-state index in [1.807, 2.05) is 54.2 Å². The van der Waals surface area contributed by atoms with Gasteiger partial charge in [-0.1, -0.05) is 12.1 Å². The first kappa shape index (κ1) is 21.9. The van der Waals surface area contributed by atoms with Crippen LogP contribution in [0.25, 0.3) is 16.9 Å². The number of fused-ring (bicyclic) bond motifs is 1. The summed E-state index contributed by atoms with van der Waals surface area (Å²) in [4.78, 5) is 4.51. The molecule has 2 aromatic heterocycles. The van der Waals surface area contributed by atoms with Crippen molar-refractivity contribution in [1.82, 2.24) is 14.8 Å². The van der Waals surface area contributed by atoms with E-state index in [2.05, 4.69) is 32.7 Å². The monoisotopic (exact) mass is 449 g/mol. The number of rotatable bonds is 5. The topological polar surface area (TPSA) is 67.6 Å². The van der Waals surface area contributed by atoms with Crippen LogP contribution in [0.3, 0.4) is 0 Å². The minimum absolute atomic E-state index is 0.407. The molecule has 0 amide bonds. The highest BCUT2D eigenvalue weighted by Gasteiger charge is 2.60. The van der Waals surface area contributed by atoms with Crippen molar-refractivity contribution < 1.29 is 18.9 Å². The summed E-state index contributed by atoms with van der Waals surface area (Å²) in [5.41, 5.74) is 4.06. The number of hydrogen-bond acceptors (Lipinski definition) is 6. The van der Waals surface area contributed by atoms with E-state index < -0.39 is 17.0 Å². The summed E-state index contributed by atoms with van der Waals surface area (Å²) in [7, 11) is 1.67. The molecule has 33 heavy (non-hydrogen) atoms. The summed E-state index contributed by atoms with van der Waals surface area (Å²) < 4.78 is 26.3. The smallest absolute Gasteiger partial charge is 0.213 e. The predicted octanol–water partition coefficient (Wildman–Crippen LogP) is 4.74. The molecule has 1 aromatic carbocycles. The summed E-state index contributed by atoms with van der Waals surface area (Å²) >= 11 is 0. The fourth-order valence-corrected chi connectivity index (χ4v) is 4.78. The molecule has 1 saturated heterocycles. The maximum absolute atomic E-state index is 6.55. The Kier molecular flexibility index (Phi) is 5.03. The average Bonchev–Trinajstić information content (AvgIpc) is 3.33. The van der Waals surface area contributed by atoms with Crippen LogP contribution in [0, 0.1) is 0 Å². The van der Waals surface area contributed by atoms with Crippen molar-refractivity contribution in [2.45, 2.75) is 64.4 Å². The molecule has 1 spiro atoms. The molecule has 0 bridgehead atoms. The van der Waals surface area contributed by atoms with E-state index in [1.54, 1.807) is 7.11 Å². The Morgan fingerprint density at radius 1 is 1.00 bits per heavy atom. The van der Waals surface area contributed by atoms with Crippen LogP contribution < -0.4 is 9.47 Å². The van der Waals surface area contributed by atoms with Crippen molar-refractivity contribution in [3.05, 3.63) is 53.9 Å². The average molecular weight is 450 g/mol. The van der Waals surface area contributed by atoms with Crippen molar-refractivity contribution in [3.8, 4) is 28.6 Å². The second-order valence-electron chi connectivity index (χ2n) is 9.66. The molecule has 0 radical (unpaired) electrons. The highest BCUT2D eigenvalue weighted by atomic mass is 16.8. The van der Waals surface area contributed by atoms with Crippen LogP contribution in [0.15, 0.2) is 42.6 Å². The number of pyridine rings is 1. The van der Waals surface area contributed by atoms with E-state index >= 15 is 0 Å². The van der Waals surface area contributed by atoms with E-state index in [9.17, 15) is 0 Å². The van der Waals surface area contributed by atoms with Gasteiger partial charge in [-0.05, 0) is 52.8 Å². The van der Waals surface area contributed by atoms with Crippen LogP contribution in [0.5, 0.6) is 11.6 Å². The molecular formula is C26H31N3O4. The van der Waals surface area contributed by atoms with Gasteiger partial charge in [0.25, 0.3) is 0 Å². The standard InChI is InChI=1S/C26H31N3O4/c1-7-31-22-13-12-17(16-27-22)23-18-14-26(32-24(2,3)25(4,5)33-26)15-19(18)28-29(23)20-10-8-9-11-21(20)30-6/h8-13,16H,7,14-15H2,1-6H3. The van der Waals surface area contributed by atoms with E-state index in [0.29, 0.717) is 25.3 Å². The number of aromatic nitrogens is 3. The molecule has 2 aliphatic rings. The molecule has 1 aliphatic carbocycles. The third-order valence-electron chi connectivity index (χ3n) is 6.90. The second kappa shape index (κ2) is 7.57. The first-order valence-corrected chi connectivity index (χ1v) is 11.4. The number of methoxy groups -OCH3 is 1. The van der Waals surface area contributed by atoms with E-state index in [1.165, 1.54) is 0 Å². The Morgan fingerprint density at radius 2 is 1.73 bits per heavy atom. The van der Waals surface area contributed by atoms with Crippen LogP contribution in [-0.4, -0.2) is 45.5 Å². The van der Waals surface area contributed by atoms with Gasteiger partial charge in [-0.25, -0.2) is 9.67 Å². The number of nitrogens with zero attached hydrogens (tertiary/aromatic N) is 3. The quantitative estimate of drug-likeness (QED) is 0.560. The number of ether oxygens (including phenoxy) is 4. The van der Waals surface area contributed by atoms with Gasteiger partial charge in [-0.2, -0.15) is 5.10 Å². The molecule has 3 heterocycles. The lowest BCUT2D eigenvalue weighted by Crippen LogP contribution is -2.41. The van der Waals surface area contributed by atoms with Crippen molar-refractivity contribution in [2.24, 2.45) is 0 Å². The molecule has 174 valence electrons. The zero-order valence-corrected chi connectivity index (χ0v) is 20.1. The maximum Gasteiger partial charge on any atom is 0.213 e. The zero-order chi connectivity index (χ0) is 23.4. The Morgan fingerprint density at radius 3 is 2.36 bits per heavy atom. The van der Waals surface area contributed by atoms with Crippen LogP contribution in [-0.2, 0) is 22.3 Å². The molecule has 0 N–H and O–H groups in total. The van der Waals surface area contributed by atoms with Gasteiger partial charge in [0.05, 0.1) is 36.3 Å². The molecule has 0 saturated carbocycles. The first-order valence-electron chi connectivity index (χ1n) is 11.4. The summed E-state index contributed by atoms with van der Waals surface area (Å²) in [5, 5.41) is 5.04. The summed E-state index contributed by atoms with van der Waals surface area (Å²) in [5.74, 6) is 0.644. The normalized spacial score (nSPS) is 19.6. The number of hydrogen-bond donors (Lipinski definition) is 0. The molecule has 7 nitrogen and oxygen atoms in total. The van der Waals surface area contributed by atoms with Crippen LogP contribution in [0.4, 0.5) is 0 Å². The number of para-hydroxylation sites is 2. The predicted molar refractivity (Wildman–Crippen MR) is 125 cm³/mol. The fraction of sp³-hybridized carbons (Fsp3) is 0.462. The minimum Gasteiger partial charge on any atom is -0.494 e. The summed E-state index contributed by atoms with van der Waals surface area (Å²) in [6.07, 6.45) is 3.05. The van der Waals surface area contributed by atoms with Crippen LogP contribution in [0.1, 0.15) is 45.9 Å². The van der Waals surface area contributed by atoms with Gasteiger partial charge in [-0.15, -0.1) is 0 Å². The van der Waals surface area contributed by atoms with Crippen LogP contribution in [0.2, 0.25) is 0 Å². The molecule has 1 aliphatic heterocycles. The van der Waals surface area contributed by atoms with E-state index in [-0.39, 0.29) is 0 Å². The largest absolute Gasteiger partial charge is 0.494 e. The highest BCUT2D eigenvalue weighted by Crippen LogP contribution is 2.51. The Bertz CT molecular complexity index is 1160. The van der Waals surface area contributed by atoms with Crippen molar-refractivity contribution in [2.75, 3.05) is 13.7 Å². The van der Waals surface area contributed by atoms with Gasteiger partial charge in [-0.3, -0.25) is 0 Å². The van der Waals surface area contributed by atoms with Gasteiger partial charge in [0, 0.05) is 36.2 Å². The summed E-state index contributed by atoms with van der Waals surface area (Å²) in [6, 6.07) is 11.8. The lowest BCUT2D eigenvalue weighted by atomic mass is 9.90. The molecule has 0 unspecified atom stereocenters. The molecule has 5 rings (SSSR count). The van der Waals surface area contributed by atoms with Crippen molar-refractivity contribution >= 4 is 0 Å². The summed E-state index contributed by atoms with van der Waals surface area (Å²) in [6.45, 7) is 10.9.